The van der Waals surface area contributed by atoms with Crippen molar-refractivity contribution < 1.29 is 9.18 Å². The lowest BCUT2D eigenvalue weighted by Gasteiger charge is -2.10. The summed E-state index contributed by atoms with van der Waals surface area (Å²) in [6, 6.07) is 10.4. The molecule has 1 N–H and O–H groups in total. The van der Waals surface area contributed by atoms with Crippen LogP contribution >= 0.6 is 0 Å². The summed E-state index contributed by atoms with van der Waals surface area (Å²) in [5.74, 6) is -0.922. The molecule has 0 aliphatic carbocycles. The van der Waals surface area contributed by atoms with Gasteiger partial charge in [-0.05, 0) is 55.7 Å². The van der Waals surface area contributed by atoms with Gasteiger partial charge in [-0.1, -0.05) is 18.2 Å². The third-order valence-corrected chi connectivity index (χ3v) is 3.01. The van der Waals surface area contributed by atoms with Crippen molar-refractivity contribution in [1.82, 2.24) is 0 Å². The Morgan fingerprint density at radius 2 is 1.63 bits per heavy atom. The lowest BCUT2D eigenvalue weighted by atomic mass is 10.1. The minimum absolute atomic E-state index is 0.0616. The minimum atomic E-state index is -0.497. The quantitative estimate of drug-likeness (QED) is 0.865. The van der Waals surface area contributed by atoms with E-state index in [0.717, 1.165) is 16.7 Å². The van der Waals surface area contributed by atoms with E-state index in [1.807, 2.05) is 32.0 Å². The maximum Gasteiger partial charge on any atom is 0.258 e. The van der Waals surface area contributed by atoms with Gasteiger partial charge in [0.25, 0.3) is 5.91 Å². The SMILES string of the molecule is Cc1ccc(C(=O)Nc2cc(C)ccc2C)c(F)c1. The molecule has 1 amide bonds. The summed E-state index contributed by atoms with van der Waals surface area (Å²) in [6.45, 7) is 5.64. The molecular formula is C16H16FNO. The lowest BCUT2D eigenvalue weighted by molar-refractivity contribution is 0.102. The molecule has 0 saturated heterocycles. The number of anilines is 1. The van der Waals surface area contributed by atoms with Crippen molar-refractivity contribution in [2.45, 2.75) is 20.8 Å². The number of hydrogen-bond acceptors (Lipinski definition) is 1. The summed E-state index contributed by atoms with van der Waals surface area (Å²) < 4.78 is 13.7. The van der Waals surface area contributed by atoms with Gasteiger partial charge in [-0.25, -0.2) is 4.39 Å². The van der Waals surface area contributed by atoms with Crippen LogP contribution in [0.2, 0.25) is 0 Å². The van der Waals surface area contributed by atoms with E-state index in [-0.39, 0.29) is 5.56 Å². The Balaban J connectivity index is 2.28. The summed E-state index contributed by atoms with van der Waals surface area (Å²) in [5.41, 5.74) is 3.56. The molecular weight excluding hydrogens is 241 g/mol. The van der Waals surface area contributed by atoms with Crippen LogP contribution in [0, 0.1) is 26.6 Å². The first-order valence-corrected chi connectivity index (χ1v) is 6.12. The molecule has 2 rings (SSSR count). The zero-order chi connectivity index (χ0) is 14.0. The number of halogens is 1. The number of amides is 1. The monoisotopic (exact) mass is 257 g/mol. The topological polar surface area (TPSA) is 29.1 Å². The summed E-state index contributed by atoms with van der Waals surface area (Å²) in [7, 11) is 0. The van der Waals surface area contributed by atoms with Gasteiger partial charge in [0.2, 0.25) is 0 Å². The van der Waals surface area contributed by atoms with Crippen LogP contribution in [0.15, 0.2) is 36.4 Å². The highest BCUT2D eigenvalue weighted by atomic mass is 19.1. The Labute approximate surface area is 112 Å². The van der Waals surface area contributed by atoms with Gasteiger partial charge in [0, 0.05) is 5.69 Å². The van der Waals surface area contributed by atoms with E-state index in [1.54, 1.807) is 13.0 Å². The fourth-order valence-electron chi connectivity index (χ4n) is 1.86. The molecule has 0 aliphatic rings. The van der Waals surface area contributed by atoms with Crippen LogP contribution in [0.5, 0.6) is 0 Å². The van der Waals surface area contributed by atoms with Crippen molar-refractivity contribution in [3.63, 3.8) is 0 Å². The highest BCUT2D eigenvalue weighted by Gasteiger charge is 2.12. The zero-order valence-electron chi connectivity index (χ0n) is 11.3. The van der Waals surface area contributed by atoms with Crippen molar-refractivity contribution in [3.8, 4) is 0 Å². The number of benzene rings is 2. The third-order valence-electron chi connectivity index (χ3n) is 3.01. The average Bonchev–Trinajstić information content (AvgIpc) is 2.33. The Hall–Kier alpha value is -2.16. The van der Waals surface area contributed by atoms with Crippen molar-refractivity contribution in [1.29, 1.82) is 0 Å². The van der Waals surface area contributed by atoms with E-state index in [1.165, 1.54) is 12.1 Å². The number of carbonyl (C=O) groups is 1. The zero-order valence-corrected chi connectivity index (χ0v) is 11.3. The molecule has 3 heteroatoms. The smallest absolute Gasteiger partial charge is 0.258 e. The normalized spacial score (nSPS) is 10.3. The first kappa shape index (κ1) is 13.3. The van der Waals surface area contributed by atoms with E-state index < -0.39 is 11.7 Å². The summed E-state index contributed by atoms with van der Waals surface area (Å²) in [6.07, 6.45) is 0. The molecule has 2 nitrogen and oxygen atoms in total. The molecule has 0 aromatic heterocycles. The van der Waals surface area contributed by atoms with Crippen molar-refractivity contribution in [2.24, 2.45) is 0 Å². The number of rotatable bonds is 2. The Morgan fingerprint density at radius 1 is 1.00 bits per heavy atom. The molecule has 2 aromatic rings. The van der Waals surface area contributed by atoms with Gasteiger partial charge in [-0.2, -0.15) is 0 Å². The molecule has 2 aromatic carbocycles. The minimum Gasteiger partial charge on any atom is -0.322 e. The fraction of sp³-hybridized carbons (Fsp3) is 0.188. The third kappa shape index (κ3) is 2.99. The summed E-state index contributed by atoms with van der Waals surface area (Å²) in [5, 5.41) is 2.75. The predicted molar refractivity (Wildman–Crippen MR) is 75.0 cm³/mol. The Morgan fingerprint density at radius 3 is 2.32 bits per heavy atom. The number of nitrogens with one attached hydrogen (secondary N) is 1. The number of aryl methyl sites for hydroxylation is 3. The molecule has 19 heavy (non-hydrogen) atoms. The maximum absolute atomic E-state index is 13.7. The van der Waals surface area contributed by atoms with E-state index in [4.69, 9.17) is 0 Å². The van der Waals surface area contributed by atoms with Gasteiger partial charge < -0.3 is 5.32 Å². The molecule has 0 heterocycles. The molecule has 0 saturated carbocycles. The largest absolute Gasteiger partial charge is 0.322 e. The molecule has 0 spiro atoms. The standard InChI is InChI=1S/C16H16FNO/c1-10-5-7-13(14(17)8-10)16(19)18-15-9-11(2)4-6-12(15)3/h4-9H,1-3H3,(H,18,19). The van der Waals surface area contributed by atoms with E-state index in [2.05, 4.69) is 5.32 Å². The van der Waals surface area contributed by atoms with Crippen LogP contribution in [0.1, 0.15) is 27.0 Å². The van der Waals surface area contributed by atoms with Crippen LogP contribution in [-0.4, -0.2) is 5.91 Å². The van der Waals surface area contributed by atoms with Gasteiger partial charge in [0.15, 0.2) is 0 Å². The maximum atomic E-state index is 13.7. The van der Waals surface area contributed by atoms with Gasteiger partial charge >= 0.3 is 0 Å². The van der Waals surface area contributed by atoms with Crippen LogP contribution in [0.25, 0.3) is 0 Å². The molecule has 0 atom stereocenters. The van der Waals surface area contributed by atoms with Gasteiger partial charge in [0.1, 0.15) is 5.82 Å². The van der Waals surface area contributed by atoms with Crippen molar-refractivity contribution in [3.05, 3.63) is 64.5 Å². The fourth-order valence-corrected chi connectivity index (χ4v) is 1.86. The van der Waals surface area contributed by atoms with Gasteiger partial charge in [0.05, 0.1) is 5.56 Å². The van der Waals surface area contributed by atoms with Crippen LogP contribution in [0.4, 0.5) is 10.1 Å². The highest BCUT2D eigenvalue weighted by molar-refractivity contribution is 6.04. The molecule has 98 valence electrons. The van der Waals surface area contributed by atoms with Crippen LogP contribution in [0.3, 0.4) is 0 Å². The molecule has 0 unspecified atom stereocenters. The van der Waals surface area contributed by atoms with E-state index >= 15 is 0 Å². The molecule has 0 bridgehead atoms. The highest BCUT2D eigenvalue weighted by Crippen LogP contribution is 2.18. The lowest BCUT2D eigenvalue weighted by Crippen LogP contribution is -2.14. The molecule has 0 aliphatic heterocycles. The van der Waals surface area contributed by atoms with E-state index in [9.17, 15) is 9.18 Å². The van der Waals surface area contributed by atoms with E-state index in [0.29, 0.717) is 5.69 Å². The Kier molecular flexibility index (Phi) is 3.65. The first-order chi connectivity index (χ1) is 8.97. The average molecular weight is 257 g/mol. The second kappa shape index (κ2) is 5.22. The van der Waals surface area contributed by atoms with Crippen molar-refractivity contribution >= 4 is 11.6 Å². The first-order valence-electron chi connectivity index (χ1n) is 6.12. The summed E-state index contributed by atoms with van der Waals surface area (Å²) >= 11 is 0. The number of carbonyl (C=O) groups excluding carboxylic acids is 1. The van der Waals surface area contributed by atoms with Gasteiger partial charge in [-0.15, -0.1) is 0 Å². The molecule has 0 radical (unpaired) electrons. The number of hydrogen-bond donors (Lipinski definition) is 1. The van der Waals surface area contributed by atoms with Crippen LogP contribution in [-0.2, 0) is 0 Å². The van der Waals surface area contributed by atoms with Crippen molar-refractivity contribution in [2.75, 3.05) is 5.32 Å². The van der Waals surface area contributed by atoms with Crippen LogP contribution < -0.4 is 5.32 Å². The predicted octanol–water partition coefficient (Wildman–Crippen LogP) is 4.00. The second-order valence-corrected chi connectivity index (χ2v) is 4.76. The van der Waals surface area contributed by atoms with Gasteiger partial charge in [-0.3, -0.25) is 4.79 Å². The summed E-state index contributed by atoms with van der Waals surface area (Å²) in [4.78, 5) is 12.1. The second-order valence-electron chi connectivity index (χ2n) is 4.76. The Bertz CT molecular complexity index is 635. The molecule has 0 fully saturated rings.